The van der Waals surface area contributed by atoms with Crippen LogP contribution in [0.5, 0.6) is 5.88 Å². The Morgan fingerprint density at radius 2 is 1.72 bits per heavy atom. The lowest BCUT2D eigenvalue weighted by atomic mass is 9.79. The summed E-state index contributed by atoms with van der Waals surface area (Å²) in [5, 5.41) is 0. The van der Waals surface area contributed by atoms with Crippen LogP contribution in [-0.4, -0.2) is 50.0 Å². The molecule has 6 nitrogen and oxygen atoms in total. The third-order valence-electron chi connectivity index (χ3n) is 5.81. The van der Waals surface area contributed by atoms with Crippen LogP contribution >= 0.6 is 0 Å². The molecule has 1 aromatic rings. The number of ether oxygens (including phenoxy) is 1. The molecular weight excluding hydrogens is 403 g/mol. The third kappa shape index (κ3) is 5.27. The highest BCUT2D eigenvalue weighted by molar-refractivity contribution is 7.89. The fourth-order valence-corrected chi connectivity index (χ4v) is 4.19. The first-order valence-electron chi connectivity index (χ1n) is 9.74. The third-order valence-corrected chi connectivity index (χ3v) is 6.67. The molecule has 1 aliphatic carbocycles. The number of halogens is 2. The lowest BCUT2D eigenvalue weighted by Gasteiger charge is -2.32. The van der Waals surface area contributed by atoms with Gasteiger partial charge in [-0.25, -0.2) is 22.2 Å². The molecule has 2 aliphatic rings. The summed E-state index contributed by atoms with van der Waals surface area (Å²) in [4.78, 5) is 4.30. The molecule has 1 aliphatic heterocycles. The van der Waals surface area contributed by atoms with Crippen molar-refractivity contribution in [2.45, 2.75) is 82.4 Å². The topological polar surface area (TPSA) is 74.7 Å². The van der Waals surface area contributed by atoms with Crippen molar-refractivity contribution in [3.63, 3.8) is 0 Å². The Balaban J connectivity index is 1.89. The van der Waals surface area contributed by atoms with Crippen LogP contribution in [-0.2, 0) is 24.9 Å². The normalized spacial score (nSPS) is 23.9. The molecule has 10 heteroatoms. The smallest absolute Gasteiger partial charge is 0.475 e. The summed E-state index contributed by atoms with van der Waals surface area (Å²) in [7, 11) is -4.06. The van der Waals surface area contributed by atoms with Crippen LogP contribution in [0.2, 0.25) is 0 Å². The Kier molecular flexibility index (Phi) is 5.77. The van der Waals surface area contributed by atoms with Crippen LogP contribution in [0.1, 0.15) is 58.9 Å². The van der Waals surface area contributed by atoms with Gasteiger partial charge < -0.3 is 14.0 Å². The summed E-state index contributed by atoms with van der Waals surface area (Å²) in [6, 6.07) is 1.66. The number of nitrogens with zero attached hydrogens (tertiary/aromatic N) is 1. The molecule has 0 N–H and O–H groups in total. The molecule has 2 fully saturated rings. The maximum Gasteiger partial charge on any atom is 0.500 e. The van der Waals surface area contributed by atoms with E-state index < -0.39 is 34.1 Å². The van der Waals surface area contributed by atoms with Gasteiger partial charge in [-0.2, -0.15) is 0 Å². The fraction of sp³-hybridized carbons (Fsp3) is 0.737. The van der Waals surface area contributed by atoms with Gasteiger partial charge in [0.1, 0.15) is 6.10 Å². The molecule has 0 spiro atoms. The van der Waals surface area contributed by atoms with Gasteiger partial charge >= 0.3 is 7.12 Å². The van der Waals surface area contributed by atoms with E-state index in [2.05, 4.69) is 4.98 Å². The summed E-state index contributed by atoms with van der Waals surface area (Å²) in [5.41, 5.74) is -0.245. The quantitative estimate of drug-likeness (QED) is 0.668. The number of aromatic nitrogens is 1. The zero-order chi connectivity index (χ0) is 21.7. The van der Waals surface area contributed by atoms with E-state index in [1.807, 2.05) is 27.7 Å². The molecule has 2 heterocycles. The summed E-state index contributed by atoms with van der Waals surface area (Å²) >= 11 is 0. The van der Waals surface area contributed by atoms with Crippen LogP contribution in [0.25, 0.3) is 0 Å². The summed E-state index contributed by atoms with van der Waals surface area (Å²) in [6.07, 6.45) is 2.19. The van der Waals surface area contributed by atoms with E-state index in [-0.39, 0.29) is 43.4 Å². The number of sulfone groups is 1. The van der Waals surface area contributed by atoms with Crippen molar-refractivity contribution in [3.05, 3.63) is 17.8 Å². The van der Waals surface area contributed by atoms with E-state index in [1.165, 1.54) is 6.20 Å². The molecule has 0 unspecified atom stereocenters. The van der Waals surface area contributed by atoms with Gasteiger partial charge in [-0.05, 0) is 46.1 Å². The molecule has 0 amide bonds. The molecule has 0 aromatic carbocycles. The minimum absolute atomic E-state index is 0.178. The van der Waals surface area contributed by atoms with E-state index in [0.717, 1.165) is 6.26 Å². The molecule has 29 heavy (non-hydrogen) atoms. The fourth-order valence-electron chi connectivity index (χ4n) is 3.42. The van der Waals surface area contributed by atoms with Crippen LogP contribution < -0.4 is 10.2 Å². The lowest BCUT2D eigenvalue weighted by molar-refractivity contribution is -0.0587. The lowest BCUT2D eigenvalue weighted by Crippen LogP contribution is -2.41. The Bertz CT molecular complexity index is 849. The molecule has 1 saturated carbocycles. The second-order valence-corrected chi connectivity index (χ2v) is 11.2. The number of hydrogen-bond donors (Lipinski definition) is 0. The standard InChI is InChI=1S/C19H28BF2NO5S/c1-17(2)18(3,4)28-20(27-17)15-10-13(12-29(5,24)25)11-23-16(15)26-14-6-8-19(21,22)9-7-14/h10-11,14H,6-9,12H2,1-5H3. The molecule has 162 valence electrons. The van der Waals surface area contributed by atoms with E-state index in [9.17, 15) is 17.2 Å². The first-order valence-corrected chi connectivity index (χ1v) is 11.8. The summed E-state index contributed by atoms with van der Waals surface area (Å²) < 4.78 is 68.5. The summed E-state index contributed by atoms with van der Waals surface area (Å²) in [5.74, 6) is -2.60. The molecule has 0 atom stereocenters. The Morgan fingerprint density at radius 3 is 2.24 bits per heavy atom. The predicted octanol–water partition coefficient (Wildman–Crippen LogP) is 2.88. The Hall–Kier alpha value is -1.26. The van der Waals surface area contributed by atoms with E-state index in [0.29, 0.717) is 11.0 Å². The van der Waals surface area contributed by atoms with E-state index >= 15 is 0 Å². The highest BCUT2D eigenvalue weighted by Crippen LogP contribution is 2.38. The van der Waals surface area contributed by atoms with Gasteiger partial charge in [0.05, 0.1) is 17.0 Å². The van der Waals surface area contributed by atoms with Crippen LogP contribution in [0, 0.1) is 0 Å². The van der Waals surface area contributed by atoms with Gasteiger partial charge in [0.15, 0.2) is 9.84 Å². The average Bonchev–Trinajstić information content (AvgIpc) is 2.77. The van der Waals surface area contributed by atoms with Gasteiger partial charge in [0.25, 0.3) is 0 Å². The number of rotatable bonds is 5. The maximum absolute atomic E-state index is 13.5. The second kappa shape index (κ2) is 7.46. The first kappa shape index (κ1) is 22.4. The monoisotopic (exact) mass is 431 g/mol. The van der Waals surface area contributed by atoms with Crippen molar-refractivity contribution in [2.75, 3.05) is 6.26 Å². The van der Waals surface area contributed by atoms with Gasteiger partial charge in [0.2, 0.25) is 11.8 Å². The highest BCUT2D eigenvalue weighted by atomic mass is 32.2. The number of pyridine rings is 1. The number of hydrogen-bond acceptors (Lipinski definition) is 6. The van der Waals surface area contributed by atoms with Gasteiger partial charge in [-0.3, -0.25) is 0 Å². The van der Waals surface area contributed by atoms with Crippen molar-refractivity contribution in [2.24, 2.45) is 0 Å². The molecule has 1 saturated heterocycles. The number of alkyl halides is 2. The minimum atomic E-state index is -3.26. The van der Waals surface area contributed by atoms with Crippen molar-refractivity contribution in [1.82, 2.24) is 4.98 Å². The SMILES string of the molecule is CC1(C)OB(c2cc(CS(C)(=O)=O)cnc2OC2CCC(F)(F)CC2)OC1(C)C. The van der Waals surface area contributed by atoms with Crippen molar-refractivity contribution in [1.29, 1.82) is 0 Å². The molecule has 0 bridgehead atoms. The van der Waals surface area contributed by atoms with E-state index in [4.69, 9.17) is 14.0 Å². The average molecular weight is 431 g/mol. The molecular formula is C19H28BF2NO5S. The second-order valence-electron chi connectivity index (χ2n) is 9.07. The Labute approximate surface area is 171 Å². The first-order chi connectivity index (χ1) is 13.2. The van der Waals surface area contributed by atoms with Crippen LogP contribution in [0.3, 0.4) is 0 Å². The summed E-state index contributed by atoms with van der Waals surface area (Å²) in [6.45, 7) is 7.63. The largest absolute Gasteiger partial charge is 0.500 e. The Morgan fingerprint density at radius 1 is 1.17 bits per heavy atom. The van der Waals surface area contributed by atoms with Crippen LogP contribution in [0.15, 0.2) is 12.3 Å². The van der Waals surface area contributed by atoms with Crippen LogP contribution in [0.4, 0.5) is 8.78 Å². The van der Waals surface area contributed by atoms with Crippen molar-refractivity contribution < 1.29 is 31.2 Å². The van der Waals surface area contributed by atoms with Gasteiger partial charge in [-0.15, -0.1) is 0 Å². The molecule has 3 rings (SSSR count). The van der Waals surface area contributed by atoms with Crippen molar-refractivity contribution in [3.8, 4) is 5.88 Å². The van der Waals surface area contributed by atoms with Gasteiger partial charge in [0, 0.05) is 30.8 Å². The van der Waals surface area contributed by atoms with Crippen molar-refractivity contribution >= 4 is 22.4 Å². The molecule has 0 radical (unpaired) electrons. The minimum Gasteiger partial charge on any atom is -0.475 e. The van der Waals surface area contributed by atoms with Gasteiger partial charge in [-0.1, -0.05) is 6.07 Å². The highest BCUT2D eigenvalue weighted by Gasteiger charge is 2.53. The predicted molar refractivity (Wildman–Crippen MR) is 106 cm³/mol. The maximum atomic E-state index is 13.5. The van der Waals surface area contributed by atoms with E-state index in [1.54, 1.807) is 6.07 Å². The zero-order valence-electron chi connectivity index (χ0n) is 17.5. The molecule has 1 aromatic heterocycles. The zero-order valence-corrected chi connectivity index (χ0v) is 18.3.